The number of halogens is 2. The third-order valence-electron chi connectivity index (χ3n) is 2.41. The van der Waals surface area contributed by atoms with Gasteiger partial charge in [0.2, 0.25) is 0 Å². The fraction of sp³-hybridized carbons (Fsp3) is 0. The molecule has 0 heterocycles. The van der Waals surface area contributed by atoms with Gasteiger partial charge in [-0.05, 0) is 24.3 Å². The number of hydrogen-bond acceptors (Lipinski definition) is 2. The molecule has 0 aromatic heterocycles. The predicted octanol–water partition coefficient (Wildman–Crippen LogP) is 4.37. The van der Waals surface area contributed by atoms with Gasteiger partial charge in [-0.2, -0.15) is 0 Å². The Balaban J connectivity index is 2.43. The van der Waals surface area contributed by atoms with Crippen LogP contribution in [0.2, 0.25) is 10.0 Å². The molecule has 0 saturated carbocycles. The van der Waals surface area contributed by atoms with Crippen LogP contribution in [0.4, 0.5) is 11.4 Å². The van der Waals surface area contributed by atoms with E-state index in [1.807, 2.05) is 24.3 Å². The quantitative estimate of drug-likeness (QED) is 0.826. The van der Waals surface area contributed by atoms with Gasteiger partial charge in [-0.25, -0.2) is 0 Å². The molecule has 2 aromatic rings. The lowest BCUT2D eigenvalue weighted by atomic mass is 10.1. The maximum Gasteiger partial charge on any atom is 0.106 e. The number of nitrogens with one attached hydrogen (secondary N) is 1. The second-order valence-corrected chi connectivity index (χ2v) is 4.89. The van der Waals surface area contributed by atoms with Crippen LogP contribution in [0, 0.1) is 0 Å². The minimum absolute atomic E-state index is 0.321. The summed E-state index contributed by atoms with van der Waals surface area (Å²) in [5, 5.41) is 4.24. The molecule has 0 saturated heterocycles. The minimum Gasteiger partial charge on any atom is -0.389 e. The second kappa shape index (κ2) is 5.57. The summed E-state index contributed by atoms with van der Waals surface area (Å²) in [7, 11) is 0. The Kier molecular flexibility index (Phi) is 4.07. The predicted molar refractivity (Wildman–Crippen MR) is 82.1 cm³/mol. The summed E-state index contributed by atoms with van der Waals surface area (Å²) >= 11 is 17.2. The van der Waals surface area contributed by atoms with Gasteiger partial charge in [0.1, 0.15) is 4.99 Å². The van der Waals surface area contributed by atoms with Gasteiger partial charge >= 0.3 is 0 Å². The summed E-state index contributed by atoms with van der Waals surface area (Å²) in [5.74, 6) is 0. The Bertz CT molecular complexity index is 579. The van der Waals surface area contributed by atoms with Crippen molar-refractivity contribution in [3.05, 3.63) is 58.1 Å². The zero-order chi connectivity index (χ0) is 13.1. The number of thiocarbonyl (C=S) groups is 1. The first-order valence-corrected chi connectivity index (χ1v) is 6.36. The summed E-state index contributed by atoms with van der Waals surface area (Å²) in [5.41, 5.74) is 7.84. The van der Waals surface area contributed by atoms with Crippen molar-refractivity contribution in [1.82, 2.24) is 0 Å². The van der Waals surface area contributed by atoms with E-state index in [1.165, 1.54) is 0 Å². The molecule has 2 rings (SSSR count). The van der Waals surface area contributed by atoms with Gasteiger partial charge in [0.05, 0.1) is 15.7 Å². The van der Waals surface area contributed by atoms with Gasteiger partial charge in [0.25, 0.3) is 0 Å². The van der Waals surface area contributed by atoms with Crippen molar-refractivity contribution in [3.8, 4) is 0 Å². The number of nitrogens with two attached hydrogens (primary N) is 1. The first-order valence-electron chi connectivity index (χ1n) is 5.19. The van der Waals surface area contributed by atoms with E-state index in [2.05, 4.69) is 5.32 Å². The van der Waals surface area contributed by atoms with Crippen molar-refractivity contribution in [3.63, 3.8) is 0 Å². The van der Waals surface area contributed by atoms with Crippen LogP contribution in [0.5, 0.6) is 0 Å². The molecule has 3 N–H and O–H groups in total. The monoisotopic (exact) mass is 296 g/mol. The van der Waals surface area contributed by atoms with Crippen molar-refractivity contribution < 1.29 is 0 Å². The Hall–Kier alpha value is -1.29. The van der Waals surface area contributed by atoms with Crippen LogP contribution in [0.3, 0.4) is 0 Å². The highest BCUT2D eigenvalue weighted by Crippen LogP contribution is 2.33. The van der Waals surface area contributed by atoms with Crippen LogP contribution in [0.1, 0.15) is 5.56 Å². The third kappa shape index (κ3) is 2.75. The maximum atomic E-state index is 6.10. The highest BCUT2D eigenvalue weighted by atomic mass is 35.5. The molecular weight excluding hydrogens is 287 g/mol. The smallest absolute Gasteiger partial charge is 0.106 e. The molecule has 0 aliphatic rings. The minimum atomic E-state index is 0.321. The molecule has 0 spiro atoms. The van der Waals surface area contributed by atoms with Crippen LogP contribution in [0.15, 0.2) is 42.5 Å². The summed E-state index contributed by atoms with van der Waals surface area (Å²) in [6, 6.07) is 12.8. The van der Waals surface area contributed by atoms with Crippen LogP contribution in [-0.2, 0) is 0 Å². The lowest BCUT2D eigenvalue weighted by molar-refractivity contribution is 1.52. The van der Waals surface area contributed by atoms with Crippen LogP contribution < -0.4 is 11.1 Å². The number of para-hydroxylation sites is 2. The van der Waals surface area contributed by atoms with Crippen molar-refractivity contribution in [1.29, 1.82) is 0 Å². The van der Waals surface area contributed by atoms with Gasteiger partial charge in [-0.15, -0.1) is 0 Å². The van der Waals surface area contributed by atoms with E-state index in [4.69, 9.17) is 41.2 Å². The Labute approximate surface area is 121 Å². The summed E-state index contributed by atoms with van der Waals surface area (Å²) in [4.78, 5) is 0.321. The largest absolute Gasteiger partial charge is 0.389 e. The Morgan fingerprint density at radius 3 is 2.22 bits per heavy atom. The normalized spacial score (nSPS) is 10.1. The van der Waals surface area contributed by atoms with Crippen molar-refractivity contribution in [2.75, 3.05) is 5.32 Å². The van der Waals surface area contributed by atoms with Crippen molar-refractivity contribution in [2.45, 2.75) is 0 Å². The zero-order valence-corrected chi connectivity index (χ0v) is 11.6. The van der Waals surface area contributed by atoms with Crippen molar-refractivity contribution in [2.24, 2.45) is 5.73 Å². The standard InChI is InChI=1S/C13H10Cl2N2S/c14-9-5-3-6-10(15)12(9)17-11-7-2-1-4-8(11)13(16)18/h1-7,17H,(H2,16,18). The Morgan fingerprint density at radius 2 is 1.61 bits per heavy atom. The molecule has 5 heteroatoms. The average Bonchev–Trinajstić information content (AvgIpc) is 2.34. The van der Waals surface area contributed by atoms with Gasteiger partial charge in [-0.3, -0.25) is 0 Å². The molecule has 2 aromatic carbocycles. The third-order valence-corrected chi connectivity index (χ3v) is 3.26. The summed E-state index contributed by atoms with van der Waals surface area (Å²) in [6.07, 6.45) is 0. The summed E-state index contributed by atoms with van der Waals surface area (Å²) < 4.78 is 0. The molecule has 18 heavy (non-hydrogen) atoms. The molecule has 0 atom stereocenters. The lowest BCUT2D eigenvalue weighted by Crippen LogP contribution is -2.11. The second-order valence-electron chi connectivity index (χ2n) is 3.63. The molecule has 0 aliphatic carbocycles. The van der Waals surface area contributed by atoms with E-state index in [0.717, 1.165) is 11.3 Å². The Morgan fingerprint density at radius 1 is 1.00 bits per heavy atom. The van der Waals surface area contributed by atoms with E-state index in [9.17, 15) is 0 Å². The topological polar surface area (TPSA) is 38.0 Å². The molecule has 2 nitrogen and oxygen atoms in total. The van der Waals surface area contributed by atoms with Gasteiger partial charge in [0.15, 0.2) is 0 Å². The molecule has 0 unspecified atom stereocenters. The van der Waals surface area contributed by atoms with Gasteiger partial charge in [-0.1, -0.05) is 53.6 Å². The fourth-order valence-electron chi connectivity index (χ4n) is 1.56. The number of anilines is 2. The molecule has 0 aliphatic heterocycles. The van der Waals surface area contributed by atoms with Crippen LogP contribution >= 0.6 is 35.4 Å². The van der Waals surface area contributed by atoms with E-state index >= 15 is 0 Å². The first kappa shape index (κ1) is 13.1. The molecule has 0 fully saturated rings. The molecule has 92 valence electrons. The number of hydrogen-bond donors (Lipinski definition) is 2. The highest BCUT2D eigenvalue weighted by molar-refractivity contribution is 7.80. The molecule has 0 radical (unpaired) electrons. The highest BCUT2D eigenvalue weighted by Gasteiger charge is 2.09. The van der Waals surface area contributed by atoms with Crippen LogP contribution in [-0.4, -0.2) is 4.99 Å². The molecule has 0 bridgehead atoms. The van der Waals surface area contributed by atoms with E-state index in [1.54, 1.807) is 18.2 Å². The van der Waals surface area contributed by atoms with Gasteiger partial charge < -0.3 is 11.1 Å². The maximum absolute atomic E-state index is 6.10. The van der Waals surface area contributed by atoms with E-state index in [0.29, 0.717) is 20.7 Å². The van der Waals surface area contributed by atoms with E-state index < -0.39 is 0 Å². The van der Waals surface area contributed by atoms with Crippen molar-refractivity contribution >= 4 is 51.8 Å². The molecule has 0 amide bonds. The lowest BCUT2D eigenvalue weighted by Gasteiger charge is -2.13. The fourth-order valence-corrected chi connectivity index (χ4v) is 2.23. The van der Waals surface area contributed by atoms with E-state index in [-0.39, 0.29) is 0 Å². The number of benzene rings is 2. The molecular formula is C13H10Cl2N2S. The SMILES string of the molecule is NC(=S)c1ccccc1Nc1c(Cl)cccc1Cl. The average molecular weight is 297 g/mol. The zero-order valence-electron chi connectivity index (χ0n) is 9.28. The first-order chi connectivity index (χ1) is 8.59. The number of rotatable bonds is 3. The van der Waals surface area contributed by atoms with Crippen LogP contribution in [0.25, 0.3) is 0 Å². The van der Waals surface area contributed by atoms with Gasteiger partial charge in [0, 0.05) is 11.3 Å². The summed E-state index contributed by atoms with van der Waals surface area (Å²) in [6.45, 7) is 0.